The summed E-state index contributed by atoms with van der Waals surface area (Å²) in [6.07, 6.45) is 0. The summed E-state index contributed by atoms with van der Waals surface area (Å²) >= 11 is 0. The summed E-state index contributed by atoms with van der Waals surface area (Å²) in [5, 5.41) is 2.08. The van der Waals surface area contributed by atoms with Gasteiger partial charge in [-0.2, -0.15) is 0 Å². The Labute approximate surface area is 353 Å². The highest BCUT2D eigenvalue weighted by Gasteiger charge is 2.24. The van der Waals surface area contributed by atoms with Crippen LogP contribution in [-0.2, 0) is 0 Å². The van der Waals surface area contributed by atoms with Crippen molar-refractivity contribution in [3.8, 4) is 90.1 Å². The summed E-state index contributed by atoms with van der Waals surface area (Å²) in [5.74, 6) is 2.55. The molecule has 61 heavy (non-hydrogen) atoms. The van der Waals surface area contributed by atoms with Crippen molar-refractivity contribution < 1.29 is 4.42 Å². The molecule has 0 N–H and O–H groups in total. The Morgan fingerprint density at radius 3 is 1.28 bits per heavy atom. The zero-order chi connectivity index (χ0) is 40.5. The zero-order valence-corrected chi connectivity index (χ0v) is 33.0. The molecule has 0 fully saturated rings. The van der Waals surface area contributed by atoms with Crippen molar-refractivity contribution in [1.82, 2.24) is 19.9 Å². The van der Waals surface area contributed by atoms with Gasteiger partial charge < -0.3 is 4.42 Å². The van der Waals surface area contributed by atoms with Crippen LogP contribution in [0.2, 0.25) is 0 Å². The number of para-hydroxylation sites is 1. The Bertz CT molecular complexity index is 3230. The number of nitrogens with zero attached hydrogens (tertiary/aromatic N) is 4. The van der Waals surface area contributed by atoms with Crippen molar-refractivity contribution in [2.45, 2.75) is 0 Å². The molecular weight excluding hydrogens is 745 g/mol. The molecule has 5 nitrogen and oxygen atoms in total. The molecule has 0 radical (unpaired) electrons. The van der Waals surface area contributed by atoms with Gasteiger partial charge in [0.1, 0.15) is 11.5 Å². The van der Waals surface area contributed by atoms with Gasteiger partial charge >= 0.3 is 0 Å². The van der Waals surface area contributed by atoms with E-state index in [1.807, 2.05) is 42.5 Å². The van der Waals surface area contributed by atoms with Crippen LogP contribution in [0.1, 0.15) is 0 Å². The number of hydrogen-bond acceptors (Lipinski definition) is 5. The van der Waals surface area contributed by atoms with Gasteiger partial charge in [0.25, 0.3) is 0 Å². The summed E-state index contributed by atoms with van der Waals surface area (Å²) in [5.41, 5.74) is 13.6. The maximum atomic E-state index is 7.02. The Kier molecular flexibility index (Phi) is 9.10. The number of benzene rings is 8. The van der Waals surface area contributed by atoms with Gasteiger partial charge in [-0.1, -0.05) is 200 Å². The van der Waals surface area contributed by atoms with E-state index in [-0.39, 0.29) is 0 Å². The third kappa shape index (κ3) is 6.84. The summed E-state index contributed by atoms with van der Waals surface area (Å²) in [7, 11) is 0. The average molecular weight is 781 g/mol. The van der Waals surface area contributed by atoms with Crippen LogP contribution in [0.4, 0.5) is 0 Å². The topological polar surface area (TPSA) is 64.7 Å². The van der Waals surface area contributed by atoms with E-state index >= 15 is 0 Å². The molecule has 0 unspecified atom stereocenters. The minimum absolute atomic E-state index is 0.580. The Morgan fingerprint density at radius 2 is 0.721 bits per heavy atom. The second kappa shape index (κ2) is 15.5. The van der Waals surface area contributed by atoms with E-state index in [4.69, 9.17) is 24.4 Å². The maximum absolute atomic E-state index is 7.02. The van der Waals surface area contributed by atoms with E-state index in [0.717, 1.165) is 94.5 Å². The number of rotatable bonds is 8. The van der Waals surface area contributed by atoms with Gasteiger partial charge in [0.15, 0.2) is 23.1 Å². The molecule has 0 saturated carbocycles. The predicted octanol–water partition coefficient (Wildman–Crippen LogP) is 14.5. The van der Waals surface area contributed by atoms with E-state index in [1.165, 1.54) is 0 Å². The molecule has 8 aromatic carbocycles. The lowest BCUT2D eigenvalue weighted by Crippen LogP contribution is -2.00. The van der Waals surface area contributed by atoms with Gasteiger partial charge in [0.05, 0.1) is 5.52 Å². The molecule has 0 bridgehead atoms. The molecule has 0 atom stereocenters. The van der Waals surface area contributed by atoms with Crippen molar-refractivity contribution >= 4 is 21.9 Å². The summed E-state index contributed by atoms with van der Waals surface area (Å²) in [4.78, 5) is 20.6. The highest BCUT2D eigenvalue weighted by atomic mass is 16.3. The molecule has 0 amide bonds. The molecule has 0 aliphatic heterocycles. The molecule has 3 aromatic heterocycles. The molecule has 5 heteroatoms. The van der Waals surface area contributed by atoms with E-state index in [9.17, 15) is 0 Å². The number of furan rings is 1. The highest BCUT2D eigenvalue weighted by molar-refractivity contribution is 6.18. The van der Waals surface area contributed by atoms with Crippen LogP contribution in [0.25, 0.3) is 112 Å². The number of aromatic nitrogens is 4. The Morgan fingerprint density at radius 1 is 0.295 bits per heavy atom. The van der Waals surface area contributed by atoms with Crippen LogP contribution in [0.3, 0.4) is 0 Å². The van der Waals surface area contributed by atoms with Gasteiger partial charge in [0.2, 0.25) is 0 Å². The molecule has 3 heterocycles. The first-order valence-electron chi connectivity index (χ1n) is 20.4. The predicted molar refractivity (Wildman–Crippen MR) is 248 cm³/mol. The summed E-state index contributed by atoms with van der Waals surface area (Å²) < 4.78 is 7.02. The van der Waals surface area contributed by atoms with Crippen molar-refractivity contribution in [1.29, 1.82) is 0 Å². The minimum atomic E-state index is 0.580. The quantitative estimate of drug-likeness (QED) is 0.154. The van der Waals surface area contributed by atoms with Crippen molar-refractivity contribution in [2.24, 2.45) is 0 Å². The molecule has 0 aliphatic carbocycles. The van der Waals surface area contributed by atoms with Crippen molar-refractivity contribution in [3.05, 3.63) is 218 Å². The highest BCUT2D eigenvalue weighted by Crippen LogP contribution is 2.46. The Balaban J connectivity index is 1.07. The largest absolute Gasteiger partial charge is 0.453 e. The molecule has 0 aliphatic rings. The summed E-state index contributed by atoms with van der Waals surface area (Å²) in [6, 6.07) is 75.0. The van der Waals surface area contributed by atoms with Crippen LogP contribution < -0.4 is 0 Å². The SMILES string of the molecule is c1ccc(-c2cccc(-c3nc(-c4ccc(-c5oc6c(-c7ccccc7)nc7ccccc7c6c5-c5ccccc5)cc4)nc(-c4cccc(-c5ccccc5)c4)n3)c2)cc1. The molecule has 11 aromatic rings. The average Bonchev–Trinajstić information content (AvgIpc) is 3.76. The van der Waals surface area contributed by atoms with E-state index in [0.29, 0.717) is 17.5 Å². The Hall–Kier alpha value is -8.28. The monoisotopic (exact) mass is 780 g/mol. The molecule has 11 rings (SSSR count). The molecule has 286 valence electrons. The number of pyridine rings is 1. The fourth-order valence-electron chi connectivity index (χ4n) is 8.15. The van der Waals surface area contributed by atoms with Crippen LogP contribution in [-0.4, -0.2) is 19.9 Å². The van der Waals surface area contributed by atoms with Crippen LogP contribution in [0, 0.1) is 0 Å². The van der Waals surface area contributed by atoms with Crippen molar-refractivity contribution in [2.75, 3.05) is 0 Å². The van der Waals surface area contributed by atoms with Gasteiger partial charge in [0, 0.05) is 44.2 Å². The number of fused-ring (bicyclic) bond motifs is 3. The van der Waals surface area contributed by atoms with Crippen LogP contribution >= 0.6 is 0 Å². The molecule has 0 saturated heterocycles. The first kappa shape index (κ1) is 35.8. The third-order valence-corrected chi connectivity index (χ3v) is 11.1. The fourth-order valence-corrected chi connectivity index (χ4v) is 8.15. The third-order valence-electron chi connectivity index (χ3n) is 11.1. The second-order valence-electron chi connectivity index (χ2n) is 15.0. The van der Waals surface area contributed by atoms with Crippen LogP contribution in [0.5, 0.6) is 0 Å². The lowest BCUT2D eigenvalue weighted by Gasteiger charge is -2.11. The summed E-state index contributed by atoms with van der Waals surface area (Å²) in [6.45, 7) is 0. The second-order valence-corrected chi connectivity index (χ2v) is 15.0. The normalized spacial score (nSPS) is 11.3. The minimum Gasteiger partial charge on any atom is -0.453 e. The lowest BCUT2D eigenvalue weighted by molar-refractivity contribution is 0.632. The molecule has 0 spiro atoms. The standard InChI is InChI=1S/C56H36N4O/c1-5-17-37(18-6-1)43-25-15-27-45(35-43)55-58-54(59-56(60-55)46-28-16-26-44(36-46)38-19-7-2-8-20-38)42-33-31-41(32-34-42)52-49(39-21-9-3-10-22-39)50-47-29-13-14-30-48(47)57-51(53(50)61-52)40-23-11-4-12-24-40/h1-36H. The lowest BCUT2D eigenvalue weighted by atomic mass is 9.95. The van der Waals surface area contributed by atoms with E-state index in [2.05, 4.69) is 176 Å². The van der Waals surface area contributed by atoms with E-state index in [1.54, 1.807) is 0 Å². The smallest absolute Gasteiger partial charge is 0.164 e. The van der Waals surface area contributed by atoms with Crippen LogP contribution in [0.15, 0.2) is 223 Å². The van der Waals surface area contributed by atoms with Gasteiger partial charge in [-0.15, -0.1) is 0 Å². The molecular formula is C56H36N4O. The fraction of sp³-hybridized carbons (Fsp3) is 0. The van der Waals surface area contributed by atoms with Gasteiger partial charge in [-0.25, -0.2) is 19.9 Å². The zero-order valence-electron chi connectivity index (χ0n) is 33.0. The van der Waals surface area contributed by atoms with E-state index < -0.39 is 0 Å². The number of hydrogen-bond donors (Lipinski definition) is 0. The first-order valence-corrected chi connectivity index (χ1v) is 20.4. The maximum Gasteiger partial charge on any atom is 0.164 e. The van der Waals surface area contributed by atoms with Gasteiger partial charge in [-0.3, -0.25) is 0 Å². The first-order chi connectivity index (χ1) is 30.2. The van der Waals surface area contributed by atoms with Gasteiger partial charge in [-0.05, 0) is 46.0 Å². The van der Waals surface area contributed by atoms with Crippen molar-refractivity contribution in [3.63, 3.8) is 0 Å².